The molecule has 3 aromatic carbocycles. The van der Waals surface area contributed by atoms with Crippen molar-refractivity contribution in [3.63, 3.8) is 0 Å². The Morgan fingerprint density at radius 1 is 0.680 bits per heavy atom. The molecule has 0 atom stereocenters. The molecule has 0 saturated heterocycles. The van der Waals surface area contributed by atoms with Crippen molar-refractivity contribution in [2.45, 2.75) is 4.90 Å². The van der Waals surface area contributed by atoms with Gasteiger partial charge in [0.1, 0.15) is 10.1 Å². The van der Waals surface area contributed by atoms with Gasteiger partial charge in [-0.15, -0.1) is 0 Å². The standard InChI is InChI=1S/C18H15O4PS.K/c19-23(15-9-3-1-4-10-15,16-11-5-2-6-12-16)17-13-7-8-14-18(17)24(20,21)22;/h1-14H,(H,20,21,22);/q;+1/p-1. The van der Waals surface area contributed by atoms with Gasteiger partial charge < -0.3 is 9.12 Å². The van der Waals surface area contributed by atoms with Crippen LogP contribution < -0.4 is 67.3 Å². The zero-order valence-electron chi connectivity index (χ0n) is 13.6. The molecular formula is C18H14KO4PS. The summed E-state index contributed by atoms with van der Waals surface area (Å²) in [4.78, 5) is -0.443. The first-order chi connectivity index (χ1) is 11.4. The summed E-state index contributed by atoms with van der Waals surface area (Å²) < 4.78 is 49.1. The fraction of sp³-hybridized carbons (Fsp3) is 0. The van der Waals surface area contributed by atoms with Gasteiger partial charge in [-0.1, -0.05) is 72.8 Å². The molecule has 4 nitrogen and oxygen atoms in total. The molecular weight excluding hydrogens is 382 g/mol. The minimum atomic E-state index is -4.75. The van der Waals surface area contributed by atoms with Gasteiger partial charge in [0, 0.05) is 15.9 Å². The van der Waals surface area contributed by atoms with E-state index in [0.717, 1.165) is 0 Å². The second kappa shape index (κ2) is 8.42. The number of hydrogen-bond acceptors (Lipinski definition) is 4. The summed E-state index contributed by atoms with van der Waals surface area (Å²) >= 11 is 0. The molecule has 7 heteroatoms. The van der Waals surface area contributed by atoms with Crippen molar-refractivity contribution < 1.29 is 68.9 Å². The van der Waals surface area contributed by atoms with Crippen LogP contribution in [0.2, 0.25) is 0 Å². The topological polar surface area (TPSA) is 74.3 Å². The molecule has 0 aliphatic rings. The van der Waals surface area contributed by atoms with Gasteiger partial charge in [-0.3, -0.25) is 0 Å². The van der Waals surface area contributed by atoms with E-state index in [9.17, 15) is 17.5 Å². The van der Waals surface area contributed by atoms with Gasteiger partial charge in [-0.2, -0.15) is 0 Å². The van der Waals surface area contributed by atoms with Crippen LogP contribution in [0.5, 0.6) is 0 Å². The Morgan fingerprint density at radius 3 is 1.52 bits per heavy atom. The van der Waals surface area contributed by atoms with Crippen LogP contribution in [0.4, 0.5) is 0 Å². The Hall–Kier alpha value is -0.564. The molecule has 0 spiro atoms. The first-order valence-electron chi connectivity index (χ1n) is 7.21. The first-order valence-corrected chi connectivity index (χ1v) is 10.3. The van der Waals surface area contributed by atoms with Crippen molar-refractivity contribution in [1.82, 2.24) is 0 Å². The van der Waals surface area contributed by atoms with Gasteiger partial charge in [0.25, 0.3) is 0 Å². The monoisotopic (exact) mass is 396 g/mol. The smallest absolute Gasteiger partial charge is 0.744 e. The largest absolute Gasteiger partial charge is 1.00 e. The molecule has 0 bridgehead atoms. The van der Waals surface area contributed by atoms with Crippen molar-refractivity contribution in [3.05, 3.63) is 84.9 Å². The van der Waals surface area contributed by atoms with Crippen LogP contribution in [-0.2, 0) is 14.7 Å². The SMILES string of the molecule is O=P(c1ccccc1)(c1ccccc1)c1ccccc1S(=O)(=O)[O-].[K+]. The molecule has 0 fully saturated rings. The van der Waals surface area contributed by atoms with Crippen molar-refractivity contribution >= 4 is 33.2 Å². The predicted octanol–water partition coefficient (Wildman–Crippen LogP) is -0.766. The molecule has 0 amide bonds. The van der Waals surface area contributed by atoms with Crippen LogP contribution in [0.15, 0.2) is 89.8 Å². The molecule has 0 heterocycles. The van der Waals surface area contributed by atoms with Crippen molar-refractivity contribution in [1.29, 1.82) is 0 Å². The van der Waals surface area contributed by atoms with Gasteiger partial charge in [0.05, 0.1) is 4.90 Å². The molecule has 0 N–H and O–H groups in total. The van der Waals surface area contributed by atoms with Crippen LogP contribution in [0.3, 0.4) is 0 Å². The number of benzene rings is 3. The Kier molecular flexibility index (Phi) is 6.99. The van der Waals surface area contributed by atoms with Gasteiger partial charge in [0.15, 0.2) is 7.14 Å². The second-order valence-electron chi connectivity index (χ2n) is 5.20. The van der Waals surface area contributed by atoms with E-state index in [1.807, 2.05) is 0 Å². The van der Waals surface area contributed by atoms with E-state index in [0.29, 0.717) is 10.6 Å². The molecule has 25 heavy (non-hydrogen) atoms. The van der Waals surface area contributed by atoms with Crippen LogP contribution in [0, 0.1) is 0 Å². The Bertz CT molecular complexity index is 962. The summed E-state index contributed by atoms with van der Waals surface area (Å²) in [6.45, 7) is 0. The minimum Gasteiger partial charge on any atom is -0.744 e. The van der Waals surface area contributed by atoms with Gasteiger partial charge >= 0.3 is 51.4 Å². The third-order valence-electron chi connectivity index (χ3n) is 3.71. The molecule has 0 unspecified atom stereocenters. The summed E-state index contributed by atoms with van der Waals surface area (Å²) in [5.41, 5.74) is 0. The second-order valence-corrected chi connectivity index (χ2v) is 9.28. The zero-order chi connectivity index (χ0) is 17.2. The fourth-order valence-electron chi connectivity index (χ4n) is 2.63. The van der Waals surface area contributed by atoms with E-state index >= 15 is 0 Å². The van der Waals surface area contributed by atoms with E-state index in [1.54, 1.807) is 66.7 Å². The summed E-state index contributed by atoms with van der Waals surface area (Å²) in [5, 5.41) is 0.997. The third kappa shape index (κ3) is 4.23. The maximum Gasteiger partial charge on any atom is 1.00 e. The van der Waals surface area contributed by atoms with Crippen LogP contribution in [0.25, 0.3) is 0 Å². The van der Waals surface area contributed by atoms with E-state index in [2.05, 4.69) is 0 Å². The quantitative estimate of drug-likeness (QED) is 0.330. The molecule has 0 aliphatic carbocycles. The fourth-order valence-corrected chi connectivity index (χ4v) is 6.64. The van der Waals surface area contributed by atoms with Gasteiger partial charge in [0.2, 0.25) is 0 Å². The van der Waals surface area contributed by atoms with Gasteiger partial charge in [-0.05, 0) is 12.1 Å². The Morgan fingerprint density at radius 2 is 1.08 bits per heavy atom. The third-order valence-corrected chi connectivity index (χ3v) is 7.88. The summed E-state index contributed by atoms with van der Waals surface area (Å²) in [6.07, 6.45) is 0. The van der Waals surface area contributed by atoms with E-state index < -0.39 is 22.2 Å². The van der Waals surface area contributed by atoms with E-state index in [1.165, 1.54) is 18.2 Å². The molecule has 0 saturated carbocycles. The van der Waals surface area contributed by atoms with Crippen LogP contribution in [0.1, 0.15) is 0 Å². The van der Waals surface area contributed by atoms with Gasteiger partial charge in [-0.25, -0.2) is 8.42 Å². The van der Waals surface area contributed by atoms with Crippen molar-refractivity contribution in [2.24, 2.45) is 0 Å². The average Bonchev–Trinajstić information content (AvgIpc) is 2.62. The maximum absolute atomic E-state index is 14.1. The van der Waals surface area contributed by atoms with E-state index in [-0.39, 0.29) is 56.7 Å². The summed E-state index contributed by atoms with van der Waals surface area (Å²) in [7, 11) is -8.24. The molecule has 0 radical (unpaired) electrons. The Labute approximate surface area is 189 Å². The Balaban J connectivity index is 0.00000225. The molecule has 3 aromatic rings. The maximum atomic E-state index is 14.1. The number of hydrogen-bond donors (Lipinski definition) is 0. The normalized spacial score (nSPS) is 11.6. The summed E-state index contributed by atoms with van der Waals surface area (Å²) in [6, 6.07) is 22.9. The van der Waals surface area contributed by atoms with Crippen molar-refractivity contribution in [2.75, 3.05) is 0 Å². The van der Waals surface area contributed by atoms with Crippen molar-refractivity contribution in [3.8, 4) is 0 Å². The first kappa shape index (κ1) is 20.7. The molecule has 0 aliphatic heterocycles. The number of rotatable bonds is 4. The van der Waals surface area contributed by atoms with E-state index in [4.69, 9.17) is 0 Å². The zero-order valence-corrected chi connectivity index (χ0v) is 18.4. The van der Waals surface area contributed by atoms with Crippen LogP contribution in [-0.4, -0.2) is 13.0 Å². The van der Waals surface area contributed by atoms with Crippen LogP contribution >= 0.6 is 7.14 Å². The molecule has 3 rings (SSSR count). The predicted molar refractivity (Wildman–Crippen MR) is 93.8 cm³/mol. The molecule has 0 aromatic heterocycles. The molecule has 122 valence electrons. The minimum absolute atomic E-state index is 0. The average molecular weight is 396 g/mol. The summed E-state index contributed by atoms with van der Waals surface area (Å²) in [5.74, 6) is 0.